The number of amidine groups is 1. The monoisotopic (exact) mass is 218 g/mol. The molecule has 1 rings (SSSR count). The molecule has 0 aromatic heterocycles. The van der Waals surface area contributed by atoms with Gasteiger partial charge in [-0.15, -0.1) is 0 Å². The number of carbonyl (C=O) groups excluding carboxylic acids is 1. The molecule has 1 atom stereocenters. The van der Waals surface area contributed by atoms with Gasteiger partial charge in [0.05, 0.1) is 7.11 Å². The van der Waals surface area contributed by atoms with Crippen molar-refractivity contribution < 1.29 is 19.4 Å². The van der Waals surface area contributed by atoms with E-state index in [1.54, 1.807) is 0 Å². The van der Waals surface area contributed by atoms with Crippen molar-refractivity contribution in [2.24, 2.45) is 4.99 Å². The summed E-state index contributed by atoms with van der Waals surface area (Å²) in [5, 5.41) is 8.97. The number of ether oxygens (including phenoxy) is 1. The Morgan fingerprint density at radius 2 is 2.36 bits per heavy atom. The highest BCUT2D eigenvalue weighted by Crippen LogP contribution is 2.20. The fourth-order valence-electron chi connectivity index (χ4n) is 0.883. The lowest BCUT2D eigenvalue weighted by Gasteiger charge is -2.10. The molecule has 0 aromatic carbocycles. The van der Waals surface area contributed by atoms with Crippen LogP contribution in [0.15, 0.2) is 4.99 Å². The molecule has 1 aliphatic heterocycles. The van der Waals surface area contributed by atoms with Crippen LogP contribution in [0.4, 0.5) is 4.79 Å². The number of esters is 1. The standard InChI is InChI=1S/C7H10N2O4S/c1-9(7(11)12)6-8-4(3-14-6)5(10)13-2/h4H,3H2,1-2H3,(H,11,12)/t4-/m0/s1. The first-order chi connectivity index (χ1) is 6.56. The number of hydrogen-bond acceptors (Lipinski definition) is 5. The zero-order valence-corrected chi connectivity index (χ0v) is 8.58. The molecule has 78 valence electrons. The number of methoxy groups -OCH3 is 1. The van der Waals surface area contributed by atoms with Gasteiger partial charge >= 0.3 is 12.1 Å². The van der Waals surface area contributed by atoms with E-state index in [0.29, 0.717) is 10.9 Å². The molecular formula is C7H10N2O4S. The van der Waals surface area contributed by atoms with Crippen molar-refractivity contribution in [1.82, 2.24) is 4.90 Å². The lowest BCUT2D eigenvalue weighted by molar-refractivity contribution is -0.141. The molecule has 7 heteroatoms. The highest BCUT2D eigenvalue weighted by Gasteiger charge is 2.29. The minimum Gasteiger partial charge on any atom is -0.467 e. The van der Waals surface area contributed by atoms with E-state index in [9.17, 15) is 9.59 Å². The van der Waals surface area contributed by atoms with Crippen LogP contribution in [0.25, 0.3) is 0 Å². The second-order valence-corrected chi connectivity index (χ2v) is 3.59. The lowest BCUT2D eigenvalue weighted by atomic mass is 10.4. The van der Waals surface area contributed by atoms with Gasteiger partial charge in [0.2, 0.25) is 0 Å². The predicted octanol–water partition coefficient (Wildman–Crippen LogP) is 0.241. The molecule has 6 nitrogen and oxygen atoms in total. The molecule has 0 radical (unpaired) electrons. The largest absolute Gasteiger partial charge is 0.467 e. The first-order valence-electron chi connectivity index (χ1n) is 3.81. The number of hydrogen-bond donors (Lipinski definition) is 1. The molecule has 1 aliphatic rings. The molecule has 1 N–H and O–H groups in total. The highest BCUT2D eigenvalue weighted by atomic mass is 32.2. The summed E-state index contributed by atoms with van der Waals surface area (Å²) in [5.41, 5.74) is 0. The molecule has 0 spiro atoms. The molecule has 14 heavy (non-hydrogen) atoms. The number of amides is 1. The van der Waals surface area contributed by atoms with Crippen molar-refractivity contribution in [3.8, 4) is 0 Å². The van der Waals surface area contributed by atoms with Crippen LogP contribution in [0.1, 0.15) is 0 Å². The van der Waals surface area contributed by atoms with Crippen molar-refractivity contribution in [3.05, 3.63) is 0 Å². The first-order valence-corrected chi connectivity index (χ1v) is 4.80. The van der Waals surface area contributed by atoms with E-state index in [1.807, 2.05) is 0 Å². The van der Waals surface area contributed by atoms with Gasteiger partial charge in [0, 0.05) is 12.8 Å². The Kier molecular flexibility index (Phi) is 3.34. The van der Waals surface area contributed by atoms with Crippen LogP contribution in [0, 0.1) is 0 Å². The van der Waals surface area contributed by atoms with Gasteiger partial charge in [0.1, 0.15) is 0 Å². The second kappa shape index (κ2) is 4.32. The zero-order chi connectivity index (χ0) is 10.7. The quantitative estimate of drug-likeness (QED) is 0.638. The van der Waals surface area contributed by atoms with Crippen LogP contribution in [0.5, 0.6) is 0 Å². The summed E-state index contributed by atoms with van der Waals surface area (Å²) < 4.78 is 4.50. The number of nitrogens with zero attached hydrogens (tertiary/aromatic N) is 2. The van der Waals surface area contributed by atoms with Crippen molar-refractivity contribution in [2.75, 3.05) is 19.9 Å². The smallest absolute Gasteiger partial charge is 0.413 e. The van der Waals surface area contributed by atoms with Gasteiger partial charge in [-0.3, -0.25) is 4.90 Å². The summed E-state index contributed by atoms with van der Waals surface area (Å²) in [5.74, 6) is -0.00844. The van der Waals surface area contributed by atoms with Crippen LogP contribution in [0.3, 0.4) is 0 Å². The van der Waals surface area contributed by atoms with Crippen LogP contribution in [-0.2, 0) is 9.53 Å². The summed E-state index contributed by atoms with van der Waals surface area (Å²) in [6.07, 6.45) is -1.10. The Bertz CT molecular complexity index is 291. The third kappa shape index (κ3) is 2.16. The Hall–Kier alpha value is -1.24. The number of carboxylic acid groups (broad SMARTS) is 1. The molecule has 1 heterocycles. The summed E-state index contributed by atoms with van der Waals surface area (Å²) in [6.45, 7) is 0. The fourth-order valence-corrected chi connectivity index (χ4v) is 1.87. The van der Waals surface area contributed by atoms with Crippen molar-refractivity contribution >= 4 is 29.0 Å². The van der Waals surface area contributed by atoms with Crippen LogP contribution in [0.2, 0.25) is 0 Å². The van der Waals surface area contributed by atoms with Gasteiger partial charge in [-0.2, -0.15) is 0 Å². The maximum Gasteiger partial charge on any atom is 0.413 e. The van der Waals surface area contributed by atoms with Gasteiger partial charge in [0.15, 0.2) is 11.2 Å². The van der Waals surface area contributed by atoms with Crippen molar-refractivity contribution in [2.45, 2.75) is 6.04 Å². The molecular weight excluding hydrogens is 208 g/mol. The Labute approximate surface area is 84.9 Å². The van der Waals surface area contributed by atoms with E-state index in [1.165, 1.54) is 25.9 Å². The highest BCUT2D eigenvalue weighted by molar-refractivity contribution is 8.14. The van der Waals surface area contributed by atoms with E-state index < -0.39 is 18.1 Å². The normalized spacial score (nSPS) is 20.1. The Balaban J connectivity index is 2.67. The van der Waals surface area contributed by atoms with Crippen molar-refractivity contribution in [1.29, 1.82) is 0 Å². The maximum absolute atomic E-state index is 11.0. The minimum absolute atomic E-state index is 0.327. The van der Waals surface area contributed by atoms with Crippen molar-refractivity contribution in [3.63, 3.8) is 0 Å². The minimum atomic E-state index is -1.10. The third-order valence-electron chi connectivity index (χ3n) is 1.68. The Morgan fingerprint density at radius 3 is 2.86 bits per heavy atom. The average molecular weight is 218 g/mol. The SMILES string of the molecule is COC(=O)[C@@H]1CSC(N(C)C(=O)O)=N1. The maximum atomic E-state index is 11.0. The number of carbonyl (C=O) groups is 2. The lowest BCUT2D eigenvalue weighted by Crippen LogP contribution is -2.28. The Morgan fingerprint density at radius 1 is 1.71 bits per heavy atom. The van der Waals surface area contributed by atoms with E-state index in [0.717, 1.165) is 4.90 Å². The second-order valence-electron chi connectivity index (χ2n) is 2.60. The molecule has 0 saturated carbocycles. The summed E-state index contributed by atoms with van der Waals surface area (Å²) >= 11 is 1.22. The summed E-state index contributed by atoms with van der Waals surface area (Å²) in [4.78, 5) is 26.5. The van der Waals surface area contributed by atoms with E-state index in [2.05, 4.69) is 9.73 Å². The van der Waals surface area contributed by atoms with Gasteiger partial charge < -0.3 is 9.84 Å². The molecule has 0 aliphatic carbocycles. The van der Waals surface area contributed by atoms with Crippen LogP contribution >= 0.6 is 11.8 Å². The molecule has 0 unspecified atom stereocenters. The van der Waals surface area contributed by atoms with Crippen LogP contribution in [-0.4, -0.2) is 53.2 Å². The first kappa shape index (κ1) is 10.8. The third-order valence-corrected chi connectivity index (χ3v) is 2.80. The predicted molar refractivity (Wildman–Crippen MR) is 51.5 cm³/mol. The molecule has 0 fully saturated rings. The summed E-state index contributed by atoms with van der Waals surface area (Å²) in [6, 6.07) is -0.582. The topological polar surface area (TPSA) is 79.2 Å². The van der Waals surface area contributed by atoms with Gasteiger partial charge in [-0.05, 0) is 0 Å². The number of thioether (sulfide) groups is 1. The fraction of sp³-hybridized carbons (Fsp3) is 0.571. The van der Waals surface area contributed by atoms with Gasteiger partial charge in [-0.25, -0.2) is 14.6 Å². The molecule has 0 bridgehead atoms. The average Bonchev–Trinajstić information content (AvgIpc) is 2.64. The molecule has 0 aromatic rings. The van der Waals surface area contributed by atoms with E-state index in [4.69, 9.17) is 5.11 Å². The van der Waals surface area contributed by atoms with E-state index in [-0.39, 0.29) is 0 Å². The number of aliphatic imine (C=N–C) groups is 1. The van der Waals surface area contributed by atoms with Gasteiger partial charge in [0.25, 0.3) is 0 Å². The molecule has 0 saturated heterocycles. The van der Waals surface area contributed by atoms with E-state index >= 15 is 0 Å². The van der Waals surface area contributed by atoms with Crippen LogP contribution < -0.4 is 0 Å². The number of rotatable bonds is 1. The molecule has 1 amide bonds. The summed E-state index contributed by atoms with van der Waals surface area (Å²) in [7, 11) is 2.66. The van der Waals surface area contributed by atoms with Gasteiger partial charge in [-0.1, -0.05) is 11.8 Å². The zero-order valence-electron chi connectivity index (χ0n) is 7.76.